The molecule has 0 aromatic carbocycles. The number of nitrogens with zero attached hydrogens (tertiary/aromatic N) is 2. The fourth-order valence-electron chi connectivity index (χ4n) is 1.90. The monoisotopic (exact) mass is 227 g/mol. The molecule has 1 rings (SSSR count). The molecule has 0 bridgehead atoms. The van der Waals surface area contributed by atoms with Crippen molar-refractivity contribution in [1.29, 1.82) is 0 Å². The molecular formula is C11H21N3O2. The fourth-order valence-corrected chi connectivity index (χ4v) is 1.90. The first-order valence-electron chi connectivity index (χ1n) is 5.68. The van der Waals surface area contributed by atoms with Crippen LogP contribution in [0.1, 0.15) is 20.8 Å². The van der Waals surface area contributed by atoms with Gasteiger partial charge in [-0.15, -0.1) is 0 Å². The second-order valence-corrected chi connectivity index (χ2v) is 4.65. The van der Waals surface area contributed by atoms with Crippen molar-refractivity contribution >= 4 is 11.8 Å². The van der Waals surface area contributed by atoms with Gasteiger partial charge in [0.1, 0.15) is 6.04 Å². The average molecular weight is 227 g/mol. The second kappa shape index (κ2) is 5.30. The Morgan fingerprint density at radius 1 is 1.31 bits per heavy atom. The first kappa shape index (κ1) is 13.0. The first-order chi connectivity index (χ1) is 7.41. The number of hydrogen-bond donors (Lipinski definition) is 1. The lowest BCUT2D eigenvalue weighted by atomic mass is 10.1. The van der Waals surface area contributed by atoms with Crippen LogP contribution in [-0.2, 0) is 9.59 Å². The third-order valence-corrected chi connectivity index (χ3v) is 2.72. The van der Waals surface area contributed by atoms with E-state index in [0.717, 1.165) is 6.54 Å². The quantitative estimate of drug-likeness (QED) is 0.703. The van der Waals surface area contributed by atoms with E-state index in [1.165, 1.54) is 6.92 Å². The number of amides is 2. The van der Waals surface area contributed by atoms with Gasteiger partial charge in [-0.25, -0.2) is 0 Å². The summed E-state index contributed by atoms with van der Waals surface area (Å²) in [5.41, 5.74) is 0. The molecule has 2 amide bonds. The summed E-state index contributed by atoms with van der Waals surface area (Å²) < 4.78 is 0. The lowest BCUT2D eigenvalue weighted by molar-refractivity contribution is -0.142. The SMILES string of the molecule is CC(=O)N1CCN(C)CC1C(=O)NC(C)C. The predicted molar refractivity (Wildman–Crippen MR) is 62.0 cm³/mol. The number of likely N-dealkylation sites (N-methyl/N-ethyl adjacent to an activating group) is 1. The third kappa shape index (κ3) is 3.20. The van der Waals surface area contributed by atoms with Crippen molar-refractivity contribution in [2.45, 2.75) is 32.9 Å². The van der Waals surface area contributed by atoms with E-state index in [0.29, 0.717) is 13.1 Å². The standard InChI is InChI=1S/C11H21N3O2/c1-8(2)12-11(16)10-7-13(4)5-6-14(10)9(3)15/h8,10H,5-7H2,1-4H3,(H,12,16). The van der Waals surface area contributed by atoms with E-state index < -0.39 is 0 Å². The Bertz CT molecular complexity index is 278. The molecule has 1 unspecified atom stereocenters. The molecule has 0 aliphatic carbocycles. The summed E-state index contributed by atoms with van der Waals surface area (Å²) in [6.45, 7) is 7.41. The highest BCUT2D eigenvalue weighted by Gasteiger charge is 2.32. The van der Waals surface area contributed by atoms with Crippen molar-refractivity contribution in [2.75, 3.05) is 26.7 Å². The van der Waals surface area contributed by atoms with E-state index in [-0.39, 0.29) is 23.9 Å². The highest BCUT2D eigenvalue weighted by atomic mass is 16.2. The van der Waals surface area contributed by atoms with Crippen LogP contribution >= 0.6 is 0 Å². The summed E-state index contributed by atoms with van der Waals surface area (Å²) >= 11 is 0. The number of carbonyl (C=O) groups excluding carboxylic acids is 2. The molecule has 0 radical (unpaired) electrons. The number of hydrogen-bond acceptors (Lipinski definition) is 3. The van der Waals surface area contributed by atoms with E-state index in [1.54, 1.807) is 4.90 Å². The molecule has 1 saturated heterocycles. The number of rotatable bonds is 2. The summed E-state index contributed by atoms with van der Waals surface area (Å²) in [7, 11) is 1.97. The molecule has 1 aliphatic rings. The van der Waals surface area contributed by atoms with Gasteiger partial charge in [0.05, 0.1) is 0 Å². The Hall–Kier alpha value is -1.10. The van der Waals surface area contributed by atoms with E-state index in [4.69, 9.17) is 0 Å². The Kier molecular flexibility index (Phi) is 4.29. The zero-order chi connectivity index (χ0) is 12.3. The molecule has 1 aliphatic heterocycles. The zero-order valence-electron chi connectivity index (χ0n) is 10.5. The molecule has 5 heteroatoms. The van der Waals surface area contributed by atoms with Crippen molar-refractivity contribution < 1.29 is 9.59 Å². The third-order valence-electron chi connectivity index (χ3n) is 2.72. The van der Waals surface area contributed by atoms with Crippen molar-refractivity contribution in [3.63, 3.8) is 0 Å². The molecule has 0 spiro atoms. The maximum Gasteiger partial charge on any atom is 0.244 e. The van der Waals surface area contributed by atoms with E-state index in [1.807, 2.05) is 20.9 Å². The van der Waals surface area contributed by atoms with Crippen LogP contribution in [0.3, 0.4) is 0 Å². The summed E-state index contributed by atoms with van der Waals surface area (Å²) in [6.07, 6.45) is 0. The van der Waals surface area contributed by atoms with Gasteiger partial charge in [-0.2, -0.15) is 0 Å². The zero-order valence-corrected chi connectivity index (χ0v) is 10.5. The Morgan fingerprint density at radius 3 is 2.44 bits per heavy atom. The van der Waals surface area contributed by atoms with Crippen molar-refractivity contribution in [1.82, 2.24) is 15.1 Å². The van der Waals surface area contributed by atoms with Gasteiger partial charge in [0.15, 0.2) is 0 Å². The highest BCUT2D eigenvalue weighted by Crippen LogP contribution is 2.09. The van der Waals surface area contributed by atoms with Gasteiger partial charge in [0.2, 0.25) is 11.8 Å². The normalized spacial score (nSPS) is 22.3. The van der Waals surface area contributed by atoms with Gasteiger partial charge < -0.3 is 15.1 Å². The first-order valence-corrected chi connectivity index (χ1v) is 5.68. The van der Waals surface area contributed by atoms with E-state index in [9.17, 15) is 9.59 Å². The molecule has 0 aromatic rings. The Morgan fingerprint density at radius 2 is 1.94 bits per heavy atom. The average Bonchev–Trinajstić information content (AvgIpc) is 2.15. The van der Waals surface area contributed by atoms with Gasteiger partial charge in [0, 0.05) is 32.6 Å². The number of nitrogens with one attached hydrogen (secondary N) is 1. The Balaban J connectivity index is 2.71. The molecule has 1 fully saturated rings. The summed E-state index contributed by atoms with van der Waals surface area (Å²) in [5.74, 6) is -0.0891. The maximum absolute atomic E-state index is 11.9. The number of carbonyl (C=O) groups is 2. The molecular weight excluding hydrogens is 206 g/mol. The van der Waals surface area contributed by atoms with Gasteiger partial charge in [-0.1, -0.05) is 0 Å². The van der Waals surface area contributed by atoms with Crippen LogP contribution in [0.25, 0.3) is 0 Å². The van der Waals surface area contributed by atoms with Crippen LogP contribution in [0, 0.1) is 0 Å². The molecule has 0 aromatic heterocycles. The van der Waals surface area contributed by atoms with E-state index >= 15 is 0 Å². The van der Waals surface area contributed by atoms with Gasteiger partial charge >= 0.3 is 0 Å². The topological polar surface area (TPSA) is 52.7 Å². The second-order valence-electron chi connectivity index (χ2n) is 4.65. The van der Waals surface area contributed by atoms with Crippen molar-refractivity contribution in [2.24, 2.45) is 0 Å². The molecule has 1 heterocycles. The Labute approximate surface area is 96.8 Å². The van der Waals surface area contributed by atoms with Crippen molar-refractivity contribution in [3.05, 3.63) is 0 Å². The minimum atomic E-state index is -0.348. The van der Waals surface area contributed by atoms with Gasteiger partial charge in [-0.05, 0) is 20.9 Å². The lowest BCUT2D eigenvalue weighted by Crippen LogP contribution is -2.60. The van der Waals surface area contributed by atoms with Crippen LogP contribution in [0.15, 0.2) is 0 Å². The van der Waals surface area contributed by atoms with Gasteiger partial charge in [-0.3, -0.25) is 9.59 Å². The van der Waals surface area contributed by atoms with Crippen LogP contribution in [0.2, 0.25) is 0 Å². The molecule has 1 atom stereocenters. The summed E-state index contributed by atoms with van der Waals surface area (Å²) in [6, 6.07) is -0.243. The minimum Gasteiger partial charge on any atom is -0.352 e. The van der Waals surface area contributed by atoms with Crippen LogP contribution in [0.5, 0.6) is 0 Å². The molecule has 1 N–H and O–H groups in total. The predicted octanol–water partition coefficient (Wildman–Crippen LogP) is -0.326. The maximum atomic E-state index is 11.9. The molecule has 16 heavy (non-hydrogen) atoms. The summed E-state index contributed by atoms with van der Waals surface area (Å²) in [5, 5.41) is 2.86. The van der Waals surface area contributed by atoms with E-state index in [2.05, 4.69) is 10.2 Å². The van der Waals surface area contributed by atoms with Crippen LogP contribution < -0.4 is 5.32 Å². The van der Waals surface area contributed by atoms with Crippen LogP contribution in [-0.4, -0.2) is 60.4 Å². The highest BCUT2D eigenvalue weighted by molar-refractivity contribution is 5.87. The fraction of sp³-hybridized carbons (Fsp3) is 0.818. The molecule has 0 saturated carbocycles. The van der Waals surface area contributed by atoms with Crippen LogP contribution in [0.4, 0.5) is 0 Å². The largest absolute Gasteiger partial charge is 0.352 e. The smallest absolute Gasteiger partial charge is 0.244 e. The number of piperazine rings is 1. The van der Waals surface area contributed by atoms with Crippen molar-refractivity contribution in [3.8, 4) is 0 Å². The lowest BCUT2D eigenvalue weighted by Gasteiger charge is -2.38. The summed E-state index contributed by atoms with van der Waals surface area (Å²) in [4.78, 5) is 27.1. The molecule has 5 nitrogen and oxygen atoms in total. The van der Waals surface area contributed by atoms with Gasteiger partial charge in [0.25, 0.3) is 0 Å². The molecule has 92 valence electrons. The minimum absolute atomic E-state index is 0.0305.